The SMILES string of the molecule is COc1ccccc1[C@H](C)NC(=O)N[C@H](C)c1ccccn1. The highest BCUT2D eigenvalue weighted by atomic mass is 16.5. The summed E-state index contributed by atoms with van der Waals surface area (Å²) in [7, 11) is 1.62. The minimum Gasteiger partial charge on any atom is -0.496 e. The maximum Gasteiger partial charge on any atom is 0.315 e. The maximum atomic E-state index is 12.1. The molecule has 0 saturated heterocycles. The number of amides is 2. The molecule has 0 bridgehead atoms. The van der Waals surface area contributed by atoms with Gasteiger partial charge in [-0.1, -0.05) is 24.3 Å². The van der Waals surface area contributed by atoms with Crippen LogP contribution in [0.3, 0.4) is 0 Å². The molecule has 0 fully saturated rings. The molecule has 2 rings (SSSR count). The Balaban J connectivity index is 1.97. The van der Waals surface area contributed by atoms with Crippen molar-refractivity contribution in [2.75, 3.05) is 7.11 Å². The Bertz CT molecular complexity index is 616. The molecule has 1 aromatic carbocycles. The summed E-state index contributed by atoms with van der Waals surface area (Å²) in [5, 5.41) is 5.79. The van der Waals surface area contributed by atoms with Crippen molar-refractivity contribution in [3.8, 4) is 5.75 Å². The third-order valence-corrected chi connectivity index (χ3v) is 3.43. The summed E-state index contributed by atoms with van der Waals surface area (Å²) in [5.41, 5.74) is 1.76. The van der Waals surface area contributed by atoms with E-state index in [1.807, 2.05) is 56.3 Å². The Morgan fingerprint density at radius 1 is 1.05 bits per heavy atom. The molecular weight excluding hydrogens is 278 g/mol. The third-order valence-electron chi connectivity index (χ3n) is 3.43. The van der Waals surface area contributed by atoms with Crippen molar-refractivity contribution in [3.05, 3.63) is 59.9 Å². The molecule has 5 heteroatoms. The van der Waals surface area contributed by atoms with Crippen LogP contribution in [0, 0.1) is 0 Å². The number of pyridine rings is 1. The summed E-state index contributed by atoms with van der Waals surface area (Å²) in [6.45, 7) is 3.82. The molecule has 0 aliphatic carbocycles. The molecule has 2 amide bonds. The number of rotatable bonds is 5. The van der Waals surface area contributed by atoms with Gasteiger partial charge in [0.15, 0.2) is 0 Å². The average Bonchev–Trinajstić information content (AvgIpc) is 2.55. The van der Waals surface area contributed by atoms with Gasteiger partial charge in [0.25, 0.3) is 0 Å². The van der Waals surface area contributed by atoms with Gasteiger partial charge in [-0.25, -0.2) is 4.79 Å². The first-order valence-electron chi connectivity index (χ1n) is 7.22. The number of carbonyl (C=O) groups excluding carboxylic acids is 1. The maximum absolute atomic E-state index is 12.1. The van der Waals surface area contributed by atoms with E-state index in [4.69, 9.17) is 4.74 Å². The van der Waals surface area contributed by atoms with Gasteiger partial charge in [-0.3, -0.25) is 4.98 Å². The summed E-state index contributed by atoms with van der Waals surface area (Å²) < 4.78 is 5.32. The van der Waals surface area contributed by atoms with E-state index in [0.29, 0.717) is 0 Å². The van der Waals surface area contributed by atoms with Crippen LogP contribution in [0.1, 0.15) is 37.2 Å². The van der Waals surface area contributed by atoms with Gasteiger partial charge < -0.3 is 15.4 Å². The number of aromatic nitrogens is 1. The van der Waals surface area contributed by atoms with Gasteiger partial charge in [-0.15, -0.1) is 0 Å². The number of hydrogen-bond acceptors (Lipinski definition) is 3. The largest absolute Gasteiger partial charge is 0.496 e. The van der Waals surface area contributed by atoms with Crippen LogP contribution in [-0.4, -0.2) is 18.1 Å². The molecule has 116 valence electrons. The molecule has 0 aliphatic rings. The first kappa shape index (κ1) is 15.8. The number of nitrogens with one attached hydrogen (secondary N) is 2. The normalized spacial score (nSPS) is 13.0. The second-order valence-electron chi connectivity index (χ2n) is 5.06. The van der Waals surface area contributed by atoms with Gasteiger partial charge >= 0.3 is 6.03 Å². The number of benzene rings is 1. The first-order chi connectivity index (χ1) is 10.6. The van der Waals surface area contributed by atoms with Gasteiger partial charge in [0.2, 0.25) is 0 Å². The van der Waals surface area contributed by atoms with Crippen LogP contribution in [0.25, 0.3) is 0 Å². The molecule has 0 aliphatic heterocycles. The van der Waals surface area contributed by atoms with Crippen LogP contribution in [-0.2, 0) is 0 Å². The predicted octanol–water partition coefficient (Wildman–Crippen LogP) is 3.21. The van der Waals surface area contributed by atoms with Crippen LogP contribution in [0.5, 0.6) is 5.75 Å². The summed E-state index contributed by atoms with van der Waals surface area (Å²) in [6.07, 6.45) is 1.71. The molecule has 2 atom stereocenters. The van der Waals surface area contributed by atoms with E-state index in [0.717, 1.165) is 17.0 Å². The van der Waals surface area contributed by atoms with Crippen molar-refractivity contribution >= 4 is 6.03 Å². The second-order valence-corrected chi connectivity index (χ2v) is 5.06. The lowest BCUT2D eigenvalue weighted by molar-refractivity contribution is 0.234. The van der Waals surface area contributed by atoms with E-state index >= 15 is 0 Å². The molecule has 0 unspecified atom stereocenters. The second kappa shape index (κ2) is 7.45. The smallest absolute Gasteiger partial charge is 0.315 e. The van der Waals surface area contributed by atoms with Crippen LogP contribution in [0.4, 0.5) is 4.79 Å². The number of para-hydroxylation sites is 1. The highest BCUT2D eigenvalue weighted by molar-refractivity contribution is 5.75. The van der Waals surface area contributed by atoms with Crippen molar-refractivity contribution < 1.29 is 9.53 Å². The zero-order valence-electron chi connectivity index (χ0n) is 13.0. The van der Waals surface area contributed by atoms with E-state index in [-0.39, 0.29) is 18.1 Å². The first-order valence-corrected chi connectivity index (χ1v) is 7.22. The third kappa shape index (κ3) is 3.97. The summed E-state index contributed by atoms with van der Waals surface area (Å²) in [6, 6.07) is 12.7. The van der Waals surface area contributed by atoms with E-state index in [2.05, 4.69) is 15.6 Å². The molecule has 2 aromatic rings. The Kier molecular flexibility index (Phi) is 5.36. The van der Waals surface area contributed by atoms with Crippen molar-refractivity contribution in [1.82, 2.24) is 15.6 Å². The lowest BCUT2D eigenvalue weighted by Gasteiger charge is -2.19. The molecule has 2 N–H and O–H groups in total. The molecule has 1 heterocycles. The number of hydrogen-bond donors (Lipinski definition) is 2. The zero-order chi connectivity index (χ0) is 15.9. The van der Waals surface area contributed by atoms with Crippen molar-refractivity contribution in [2.45, 2.75) is 25.9 Å². The quantitative estimate of drug-likeness (QED) is 0.891. The van der Waals surface area contributed by atoms with Gasteiger partial charge in [0, 0.05) is 11.8 Å². The highest BCUT2D eigenvalue weighted by Gasteiger charge is 2.15. The van der Waals surface area contributed by atoms with E-state index in [1.165, 1.54) is 0 Å². The number of methoxy groups -OCH3 is 1. The van der Waals surface area contributed by atoms with Gasteiger partial charge in [-0.2, -0.15) is 0 Å². The average molecular weight is 299 g/mol. The van der Waals surface area contributed by atoms with Crippen LogP contribution < -0.4 is 15.4 Å². The van der Waals surface area contributed by atoms with Gasteiger partial charge in [0.05, 0.1) is 24.9 Å². The van der Waals surface area contributed by atoms with E-state index < -0.39 is 0 Å². The fourth-order valence-electron chi connectivity index (χ4n) is 2.24. The Labute approximate surface area is 130 Å². The number of carbonyl (C=O) groups is 1. The van der Waals surface area contributed by atoms with Crippen molar-refractivity contribution in [1.29, 1.82) is 0 Å². The Hall–Kier alpha value is -2.56. The number of nitrogens with zero attached hydrogens (tertiary/aromatic N) is 1. The Morgan fingerprint density at radius 3 is 2.41 bits per heavy atom. The van der Waals surface area contributed by atoms with Crippen LogP contribution in [0.2, 0.25) is 0 Å². The van der Waals surface area contributed by atoms with Gasteiger partial charge in [-0.05, 0) is 32.0 Å². The minimum atomic E-state index is -0.239. The molecule has 5 nitrogen and oxygen atoms in total. The molecule has 0 radical (unpaired) electrons. The summed E-state index contributed by atoms with van der Waals surface area (Å²) in [5.74, 6) is 0.757. The van der Waals surface area contributed by atoms with Crippen LogP contribution in [0.15, 0.2) is 48.7 Å². The topological polar surface area (TPSA) is 63.2 Å². The molecular formula is C17H21N3O2. The number of ether oxygens (including phenoxy) is 1. The minimum absolute atomic E-state index is 0.160. The lowest BCUT2D eigenvalue weighted by atomic mass is 10.1. The Morgan fingerprint density at radius 2 is 1.73 bits per heavy atom. The number of urea groups is 1. The summed E-state index contributed by atoms with van der Waals surface area (Å²) in [4.78, 5) is 16.4. The molecule has 1 aromatic heterocycles. The molecule has 0 spiro atoms. The fourth-order valence-corrected chi connectivity index (χ4v) is 2.24. The zero-order valence-corrected chi connectivity index (χ0v) is 13.0. The molecule has 0 saturated carbocycles. The van der Waals surface area contributed by atoms with Crippen molar-refractivity contribution in [2.24, 2.45) is 0 Å². The monoisotopic (exact) mass is 299 g/mol. The fraction of sp³-hybridized carbons (Fsp3) is 0.294. The highest BCUT2D eigenvalue weighted by Crippen LogP contribution is 2.24. The van der Waals surface area contributed by atoms with E-state index in [9.17, 15) is 4.79 Å². The van der Waals surface area contributed by atoms with Gasteiger partial charge in [0.1, 0.15) is 5.75 Å². The molecule has 22 heavy (non-hydrogen) atoms. The summed E-state index contributed by atoms with van der Waals surface area (Å²) >= 11 is 0. The van der Waals surface area contributed by atoms with Crippen molar-refractivity contribution in [3.63, 3.8) is 0 Å². The van der Waals surface area contributed by atoms with E-state index in [1.54, 1.807) is 13.3 Å². The van der Waals surface area contributed by atoms with Crippen LogP contribution >= 0.6 is 0 Å². The standard InChI is InChI=1S/C17H21N3O2/c1-12(14-8-4-5-10-16(14)22-3)19-17(21)20-13(2)15-9-6-7-11-18-15/h4-13H,1-3H3,(H2,19,20,21)/t12-,13+/m0/s1. The predicted molar refractivity (Wildman–Crippen MR) is 85.7 cm³/mol. The lowest BCUT2D eigenvalue weighted by Crippen LogP contribution is -2.38.